The number of carbonyl (C=O) groups excluding carboxylic acids is 2. The number of ether oxygens (including phenoxy) is 3. The molecule has 7 heteroatoms. The molecule has 0 radical (unpaired) electrons. The zero-order valence-corrected chi connectivity index (χ0v) is 17.7. The van der Waals surface area contributed by atoms with Crippen molar-refractivity contribution in [2.75, 3.05) is 7.11 Å². The summed E-state index contributed by atoms with van der Waals surface area (Å²) in [6.45, 7) is 5.61. The Balaban J connectivity index is 1.86. The summed E-state index contributed by atoms with van der Waals surface area (Å²) in [5.41, 5.74) is 1.18. The zero-order valence-electron chi connectivity index (χ0n) is 16.9. The van der Waals surface area contributed by atoms with Crippen LogP contribution in [0.1, 0.15) is 31.9 Å². The molecule has 0 unspecified atom stereocenters. The van der Waals surface area contributed by atoms with Crippen LogP contribution < -0.4 is 4.74 Å². The van der Waals surface area contributed by atoms with Crippen LogP contribution in [0.25, 0.3) is 0 Å². The maximum atomic E-state index is 12.7. The molecule has 1 heterocycles. The van der Waals surface area contributed by atoms with E-state index in [2.05, 4.69) is 0 Å². The molecule has 0 aromatic heterocycles. The highest BCUT2D eigenvalue weighted by Crippen LogP contribution is 2.31. The van der Waals surface area contributed by atoms with E-state index in [4.69, 9.17) is 25.8 Å². The maximum absolute atomic E-state index is 12.7. The van der Waals surface area contributed by atoms with Gasteiger partial charge in [0.15, 0.2) is 0 Å². The van der Waals surface area contributed by atoms with Crippen molar-refractivity contribution in [3.8, 4) is 11.5 Å². The maximum Gasteiger partial charge on any atom is 0.411 e. The summed E-state index contributed by atoms with van der Waals surface area (Å²) >= 11 is 6.01. The number of nitrogens with zero attached hydrogens (tertiary/aromatic N) is 1. The third kappa shape index (κ3) is 5.21. The first-order chi connectivity index (χ1) is 13.7. The van der Waals surface area contributed by atoms with Crippen LogP contribution in [0.4, 0.5) is 4.79 Å². The third-order valence-electron chi connectivity index (χ3n) is 4.44. The molecular formula is C22H24ClNO5. The second kappa shape index (κ2) is 8.33. The lowest BCUT2D eigenvalue weighted by Gasteiger charge is -2.36. The topological polar surface area (TPSA) is 65.1 Å². The molecule has 2 aromatic carbocycles. The fraction of sp³-hybridized carbons (Fsp3) is 0.364. The Kier molecular flexibility index (Phi) is 6.03. The van der Waals surface area contributed by atoms with E-state index in [0.29, 0.717) is 22.9 Å². The van der Waals surface area contributed by atoms with Crippen LogP contribution in [-0.4, -0.2) is 35.7 Å². The number of benzene rings is 2. The van der Waals surface area contributed by atoms with Crippen molar-refractivity contribution in [3.05, 3.63) is 58.6 Å². The molecular weight excluding hydrogens is 394 g/mol. The van der Waals surface area contributed by atoms with Crippen molar-refractivity contribution < 1.29 is 23.8 Å². The van der Waals surface area contributed by atoms with E-state index >= 15 is 0 Å². The third-order valence-corrected chi connectivity index (χ3v) is 4.68. The average Bonchev–Trinajstić information content (AvgIpc) is 2.65. The quantitative estimate of drug-likeness (QED) is 0.660. The largest absolute Gasteiger partial charge is 0.467 e. The van der Waals surface area contributed by atoms with Crippen LogP contribution in [-0.2, 0) is 27.2 Å². The van der Waals surface area contributed by atoms with Crippen LogP contribution in [0.5, 0.6) is 11.5 Å². The van der Waals surface area contributed by atoms with Gasteiger partial charge in [-0.05, 0) is 62.2 Å². The van der Waals surface area contributed by atoms with Crippen LogP contribution in [0, 0.1) is 0 Å². The first-order valence-corrected chi connectivity index (χ1v) is 9.67. The number of halogens is 1. The van der Waals surface area contributed by atoms with E-state index in [-0.39, 0.29) is 6.54 Å². The molecule has 154 valence electrons. The summed E-state index contributed by atoms with van der Waals surface area (Å²) in [4.78, 5) is 26.4. The van der Waals surface area contributed by atoms with Crippen molar-refractivity contribution in [1.82, 2.24) is 4.90 Å². The SMILES string of the molecule is COC(=O)[C@@H]1Cc2cc(Oc3cccc(Cl)c3)ccc2CN1C(=O)OC(C)(C)C. The van der Waals surface area contributed by atoms with Crippen molar-refractivity contribution in [2.45, 2.75) is 45.4 Å². The van der Waals surface area contributed by atoms with Gasteiger partial charge in [-0.25, -0.2) is 9.59 Å². The Hall–Kier alpha value is -2.73. The molecule has 0 saturated carbocycles. The summed E-state index contributed by atoms with van der Waals surface area (Å²) < 4.78 is 16.3. The van der Waals surface area contributed by atoms with Gasteiger partial charge >= 0.3 is 12.1 Å². The van der Waals surface area contributed by atoms with Crippen molar-refractivity contribution in [2.24, 2.45) is 0 Å². The Labute approximate surface area is 175 Å². The smallest absolute Gasteiger partial charge is 0.411 e. The lowest BCUT2D eigenvalue weighted by molar-refractivity contribution is -0.147. The van der Waals surface area contributed by atoms with Crippen molar-refractivity contribution in [1.29, 1.82) is 0 Å². The van der Waals surface area contributed by atoms with E-state index < -0.39 is 23.7 Å². The molecule has 0 aliphatic carbocycles. The molecule has 3 rings (SSSR count). The molecule has 0 N–H and O–H groups in total. The molecule has 1 amide bonds. The lowest BCUT2D eigenvalue weighted by Crippen LogP contribution is -2.50. The molecule has 0 saturated heterocycles. The number of fused-ring (bicyclic) bond motifs is 1. The number of amides is 1. The molecule has 0 bridgehead atoms. The number of rotatable bonds is 3. The van der Waals surface area contributed by atoms with Gasteiger partial charge in [-0.1, -0.05) is 23.7 Å². The number of hydrogen-bond acceptors (Lipinski definition) is 5. The Morgan fingerprint density at radius 1 is 1.07 bits per heavy atom. The predicted molar refractivity (Wildman–Crippen MR) is 109 cm³/mol. The van der Waals surface area contributed by atoms with Crippen LogP contribution in [0.15, 0.2) is 42.5 Å². The summed E-state index contributed by atoms with van der Waals surface area (Å²) in [5.74, 6) is 0.760. The highest BCUT2D eigenvalue weighted by Gasteiger charge is 2.37. The van der Waals surface area contributed by atoms with Gasteiger partial charge in [0.25, 0.3) is 0 Å². The van der Waals surface area contributed by atoms with Gasteiger partial charge in [0.2, 0.25) is 0 Å². The van der Waals surface area contributed by atoms with Crippen LogP contribution in [0.3, 0.4) is 0 Å². The van der Waals surface area contributed by atoms with E-state index in [1.54, 1.807) is 32.9 Å². The zero-order chi connectivity index (χ0) is 21.2. The van der Waals surface area contributed by atoms with E-state index in [0.717, 1.165) is 11.1 Å². The van der Waals surface area contributed by atoms with Gasteiger partial charge in [-0.3, -0.25) is 4.90 Å². The number of carbonyl (C=O) groups is 2. The van der Waals surface area contributed by atoms with Gasteiger partial charge in [0.05, 0.1) is 13.7 Å². The number of esters is 1. The van der Waals surface area contributed by atoms with Gasteiger partial charge < -0.3 is 14.2 Å². The Morgan fingerprint density at radius 3 is 2.45 bits per heavy atom. The molecule has 0 spiro atoms. The van der Waals surface area contributed by atoms with Crippen LogP contribution >= 0.6 is 11.6 Å². The van der Waals surface area contributed by atoms with E-state index in [1.807, 2.05) is 30.3 Å². The molecule has 1 aliphatic heterocycles. The average molecular weight is 418 g/mol. The summed E-state index contributed by atoms with van der Waals surface area (Å²) in [5, 5.41) is 0.583. The second-order valence-electron chi connectivity index (χ2n) is 7.84. The minimum absolute atomic E-state index is 0.251. The molecule has 1 aliphatic rings. The van der Waals surface area contributed by atoms with E-state index in [9.17, 15) is 9.59 Å². The number of methoxy groups -OCH3 is 1. The fourth-order valence-corrected chi connectivity index (χ4v) is 3.33. The minimum atomic E-state index is -0.760. The second-order valence-corrected chi connectivity index (χ2v) is 8.28. The van der Waals surface area contributed by atoms with Gasteiger partial charge in [0, 0.05) is 11.4 Å². The normalized spacial score (nSPS) is 16.0. The molecule has 2 aromatic rings. The fourth-order valence-electron chi connectivity index (χ4n) is 3.15. The first-order valence-electron chi connectivity index (χ1n) is 9.29. The first kappa shape index (κ1) is 21.0. The monoisotopic (exact) mass is 417 g/mol. The molecule has 0 fully saturated rings. The van der Waals surface area contributed by atoms with Gasteiger partial charge in [-0.15, -0.1) is 0 Å². The van der Waals surface area contributed by atoms with Crippen molar-refractivity contribution in [3.63, 3.8) is 0 Å². The van der Waals surface area contributed by atoms with Gasteiger partial charge in [-0.2, -0.15) is 0 Å². The predicted octanol–water partition coefficient (Wildman–Crippen LogP) is 4.97. The standard InChI is InChI=1S/C22H24ClNO5/c1-22(2,3)29-21(26)24-13-14-8-9-18(28-17-7-5-6-16(23)12-17)10-15(14)11-19(24)20(25)27-4/h5-10,12,19H,11,13H2,1-4H3/t19-/m0/s1. The minimum Gasteiger partial charge on any atom is -0.467 e. The molecule has 29 heavy (non-hydrogen) atoms. The molecule has 6 nitrogen and oxygen atoms in total. The van der Waals surface area contributed by atoms with Crippen LogP contribution in [0.2, 0.25) is 5.02 Å². The summed E-state index contributed by atoms with van der Waals surface area (Å²) in [7, 11) is 1.31. The Bertz CT molecular complexity index is 922. The lowest BCUT2D eigenvalue weighted by atomic mass is 9.94. The highest BCUT2D eigenvalue weighted by atomic mass is 35.5. The number of hydrogen-bond donors (Lipinski definition) is 0. The summed E-state index contributed by atoms with van der Waals surface area (Å²) in [6.07, 6.45) is -0.230. The summed E-state index contributed by atoms with van der Waals surface area (Å²) in [6, 6.07) is 11.9. The van der Waals surface area contributed by atoms with Gasteiger partial charge in [0.1, 0.15) is 23.1 Å². The highest BCUT2D eigenvalue weighted by molar-refractivity contribution is 6.30. The Morgan fingerprint density at radius 2 is 1.79 bits per heavy atom. The molecule has 1 atom stereocenters. The van der Waals surface area contributed by atoms with E-state index in [1.165, 1.54) is 12.0 Å². The van der Waals surface area contributed by atoms with Crippen molar-refractivity contribution >= 4 is 23.7 Å².